The van der Waals surface area contributed by atoms with Crippen molar-refractivity contribution < 1.29 is 8.78 Å². The summed E-state index contributed by atoms with van der Waals surface area (Å²) in [5.41, 5.74) is 7.96. The minimum absolute atomic E-state index is 0. The van der Waals surface area contributed by atoms with E-state index in [0.29, 0.717) is 18.2 Å². The molecule has 53 heavy (non-hydrogen) atoms. The highest BCUT2D eigenvalue weighted by Gasteiger charge is 2.28. The average molecular weight is 762 g/mol. The van der Waals surface area contributed by atoms with E-state index in [1.807, 2.05) is 12.1 Å². The number of hydrogen-bond donors (Lipinski definition) is 1. The Hall–Kier alpha value is -3.54. The fourth-order valence-electron chi connectivity index (χ4n) is 7.87. The van der Waals surface area contributed by atoms with Crippen molar-refractivity contribution in [1.82, 2.24) is 19.7 Å². The van der Waals surface area contributed by atoms with Gasteiger partial charge >= 0.3 is 0 Å². The highest BCUT2D eigenvalue weighted by atomic mass is 32.1. The monoisotopic (exact) mass is 761 g/mol. The topological polar surface area (TPSA) is 50.2 Å². The summed E-state index contributed by atoms with van der Waals surface area (Å²) in [5.74, 6) is -1.96. The molecule has 0 spiro atoms. The van der Waals surface area contributed by atoms with Crippen molar-refractivity contribution in [2.24, 2.45) is 4.99 Å². The fraction of sp³-hybridized carbons (Fsp3) is 0.524. The Morgan fingerprint density at radius 1 is 0.868 bits per heavy atom. The lowest BCUT2D eigenvalue weighted by Gasteiger charge is -2.41. The van der Waals surface area contributed by atoms with E-state index in [1.54, 1.807) is 12.1 Å². The van der Waals surface area contributed by atoms with Crippen LogP contribution in [0, 0.1) is 20.8 Å². The number of thiocarbonyl (C=S) groups is 2. The Morgan fingerprint density at radius 3 is 2.21 bits per heavy atom. The molecule has 0 atom stereocenters. The number of aromatic nitrogens is 1. The molecule has 7 nitrogen and oxygen atoms in total. The predicted molar refractivity (Wildman–Crippen MR) is 225 cm³/mol. The van der Waals surface area contributed by atoms with E-state index in [4.69, 9.17) is 24.4 Å². The minimum atomic E-state index is -2.83. The lowest BCUT2D eigenvalue weighted by Crippen LogP contribution is -2.52. The summed E-state index contributed by atoms with van der Waals surface area (Å²) in [5, 5.41) is 3.93. The largest absolute Gasteiger partial charge is 0.368 e. The molecule has 2 aromatic carbocycles. The van der Waals surface area contributed by atoms with Crippen molar-refractivity contribution in [3.63, 3.8) is 0 Å². The number of hydrogen-bond acceptors (Lipinski definition) is 5. The average Bonchev–Trinajstić information content (AvgIpc) is 3.55. The van der Waals surface area contributed by atoms with Crippen molar-refractivity contribution in [3.05, 3.63) is 88.2 Å². The van der Waals surface area contributed by atoms with Crippen LogP contribution in [-0.2, 0) is 18.8 Å². The lowest BCUT2D eigenvalue weighted by molar-refractivity contribution is 0.0175. The van der Waals surface area contributed by atoms with Crippen LogP contribution in [0.3, 0.4) is 0 Å². The van der Waals surface area contributed by atoms with Gasteiger partial charge in [0.1, 0.15) is 5.84 Å². The van der Waals surface area contributed by atoms with Crippen LogP contribution in [0.25, 0.3) is 0 Å². The van der Waals surface area contributed by atoms with Crippen molar-refractivity contribution >= 4 is 51.7 Å². The molecule has 11 heteroatoms. The van der Waals surface area contributed by atoms with Crippen LogP contribution in [0.5, 0.6) is 0 Å². The van der Waals surface area contributed by atoms with Crippen molar-refractivity contribution in [1.29, 1.82) is 0 Å². The van der Waals surface area contributed by atoms with Crippen LogP contribution >= 0.6 is 24.4 Å². The Morgan fingerprint density at radius 2 is 1.55 bits per heavy atom. The van der Waals surface area contributed by atoms with Gasteiger partial charge in [-0.05, 0) is 92.9 Å². The quantitative estimate of drug-likeness (QED) is 0.259. The standard InChI is InChI=1S/C22H24F2N4S.C19H29N3S.CH4/c1-15-5-3-8-19-18(15)14-20(25-19)26-21(29)28-11-9-27(10-12-28)17-7-4-6-16(13-17)22(2,23)24;1-15-12-16(2)20-17(13-15)14-19(23)22-10-8-21(9-11-22)18-6-4-3-5-7-18;/h3-8,13H,9-12,14H2,1-2H3,(H,25,26,29);12-13,18H,3-11,14H2,1-2H3;1H4. The molecule has 0 bridgehead atoms. The first-order valence-corrected chi connectivity index (χ1v) is 19.7. The Kier molecular flexibility index (Phi) is 13.9. The third-order valence-corrected chi connectivity index (χ3v) is 11.5. The number of benzene rings is 2. The SMILES string of the molecule is C.Cc1cc(C)nc(CC(=S)N2CCN(C3CCCCC3)CC2)c1.Cc1cccc2c1CC(=NC(=S)N1CCN(c3cccc(C(C)(F)F)c3)CC1)N2. The summed E-state index contributed by atoms with van der Waals surface area (Å²) in [7, 11) is 0. The molecule has 0 unspecified atom stereocenters. The molecule has 2 saturated heterocycles. The van der Waals surface area contributed by atoms with Crippen LogP contribution in [0.1, 0.15) is 80.1 Å². The smallest absolute Gasteiger partial charge is 0.270 e. The van der Waals surface area contributed by atoms with Crippen molar-refractivity contribution in [3.8, 4) is 0 Å². The normalized spacial score (nSPS) is 18.8. The van der Waals surface area contributed by atoms with Crippen LogP contribution in [0.4, 0.5) is 20.2 Å². The number of alkyl halides is 2. The van der Waals surface area contributed by atoms with Crippen LogP contribution in [-0.4, -0.2) is 94.0 Å². The second-order valence-electron chi connectivity index (χ2n) is 14.8. The summed E-state index contributed by atoms with van der Waals surface area (Å²) < 4.78 is 27.2. The van der Waals surface area contributed by atoms with Crippen molar-refractivity contribution in [2.75, 3.05) is 62.6 Å². The molecule has 1 aliphatic carbocycles. The first kappa shape index (κ1) is 40.6. The van der Waals surface area contributed by atoms with E-state index >= 15 is 0 Å². The van der Waals surface area contributed by atoms with Crippen LogP contribution in [0.15, 0.2) is 59.6 Å². The molecule has 1 N–H and O–H groups in total. The maximum absolute atomic E-state index is 13.6. The van der Waals surface area contributed by atoms with Gasteiger partial charge in [0.05, 0.1) is 4.99 Å². The Bertz CT molecular complexity index is 1730. The first-order valence-electron chi connectivity index (χ1n) is 18.8. The number of aryl methyl sites for hydroxylation is 3. The molecule has 0 amide bonds. The molecule has 0 radical (unpaired) electrons. The van der Waals surface area contributed by atoms with Gasteiger partial charge in [0.25, 0.3) is 5.92 Å². The molecule has 3 fully saturated rings. The molecule has 4 aliphatic rings. The van der Waals surface area contributed by atoms with E-state index in [0.717, 1.165) is 85.6 Å². The molecular weight excluding hydrogens is 705 g/mol. The van der Waals surface area contributed by atoms with E-state index in [1.165, 1.54) is 68.0 Å². The number of halogens is 2. The molecule has 1 aromatic heterocycles. The van der Waals surface area contributed by atoms with Gasteiger partial charge in [0.2, 0.25) is 0 Å². The van der Waals surface area contributed by atoms with Gasteiger partial charge in [0.15, 0.2) is 5.11 Å². The van der Waals surface area contributed by atoms with Gasteiger partial charge in [-0.15, -0.1) is 0 Å². The van der Waals surface area contributed by atoms with E-state index < -0.39 is 5.92 Å². The lowest BCUT2D eigenvalue weighted by atomic mass is 9.94. The van der Waals surface area contributed by atoms with E-state index in [2.05, 4.69) is 79.9 Å². The molecule has 3 aliphatic heterocycles. The van der Waals surface area contributed by atoms with Gasteiger partial charge in [-0.1, -0.05) is 63.2 Å². The number of amidine groups is 1. The summed E-state index contributed by atoms with van der Waals surface area (Å²) in [4.78, 5) is 19.6. The number of anilines is 2. The molecule has 4 heterocycles. The van der Waals surface area contributed by atoms with E-state index in [-0.39, 0.29) is 13.0 Å². The molecule has 3 aromatic rings. The summed E-state index contributed by atoms with van der Waals surface area (Å²) in [6.07, 6.45) is 8.64. The summed E-state index contributed by atoms with van der Waals surface area (Å²) >= 11 is 11.3. The predicted octanol–water partition coefficient (Wildman–Crippen LogP) is 8.74. The highest BCUT2D eigenvalue weighted by molar-refractivity contribution is 7.80. The zero-order valence-corrected chi connectivity index (χ0v) is 32.8. The molecular formula is C42H57F2N7S2. The number of aliphatic imine (C=N–C) groups is 1. The maximum Gasteiger partial charge on any atom is 0.270 e. The second kappa shape index (κ2) is 18.2. The van der Waals surface area contributed by atoms with Crippen molar-refractivity contribution in [2.45, 2.75) is 92.0 Å². The fourth-order valence-corrected chi connectivity index (χ4v) is 8.49. The molecule has 7 rings (SSSR count). The van der Waals surface area contributed by atoms with Gasteiger partial charge in [0, 0.05) is 106 Å². The number of nitrogens with zero attached hydrogens (tertiary/aromatic N) is 6. The van der Waals surface area contributed by atoms with Crippen LogP contribution in [0.2, 0.25) is 0 Å². The maximum atomic E-state index is 13.6. The Labute approximate surface area is 326 Å². The highest BCUT2D eigenvalue weighted by Crippen LogP contribution is 2.31. The van der Waals surface area contributed by atoms with Crippen LogP contribution < -0.4 is 10.2 Å². The Balaban J connectivity index is 0.000000206. The number of piperazine rings is 2. The third-order valence-electron chi connectivity index (χ3n) is 10.8. The van der Waals surface area contributed by atoms with Gasteiger partial charge < -0.3 is 20.0 Å². The number of pyridine rings is 1. The van der Waals surface area contributed by atoms with E-state index in [9.17, 15) is 8.78 Å². The first-order chi connectivity index (χ1) is 24.9. The minimum Gasteiger partial charge on any atom is -0.368 e. The zero-order chi connectivity index (χ0) is 36.8. The zero-order valence-electron chi connectivity index (χ0n) is 31.1. The second-order valence-corrected chi connectivity index (χ2v) is 15.7. The van der Waals surface area contributed by atoms with Gasteiger partial charge in [-0.25, -0.2) is 13.8 Å². The third kappa shape index (κ3) is 10.8. The molecule has 1 saturated carbocycles. The number of nitrogens with one attached hydrogen (secondary N) is 1. The summed E-state index contributed by atoms with van der Waals surface area (Å²) in [6, 6.07) is 17.9. The summed E-state index contributed by atoms with van der Waals surface area (Å²) in [6.45, 7) is 14.6. The van der Waals surface area contributed by atoms with Gasteiger partial charge in [-0.2, -0.15) is 0 Å². The number of rotatable bonds is 5. The molecule has 286 valence electrons. The number of fused-ring (bicyclic) bond motifs is 1. The van der Waals surface area contributed by atoms with Gasteiger partial charge in [-0.3, -0.25) is 9.88 Å².